The lowest BCUT2D eigenvalue weighted by Crippen LogP contribution is -2.07. The molecule has 0 radical (unpaired) electrons. The summed E-state index contributed by atoms with van der Waals surface area (Å²) in [5.41, 5.74) is 3.71. The summed E-state index contributed by atoms with van der Waals surface area (Å²) in [5.74, 6) is 0. The summed E-state index contributed by atoms with van der Waals surface area (Å²) in [7, 11) is 4.00. The second kappa shape index (κ2) is 3.89. The Morgan fingerprint density at radius 2 is 1.69 bits per heavy atom. The van der Waals surface area contributed by atoms with Crippen LogP contribution in [0.25, 0.3) is 11.3 Å². The number of aromatic nitrogens is 2. The van der Waals surface area contributed by atoms with Gasteiger partial charge in [0.15, 0.2) is 0 Å². The molecule has 0 aliphatic heterocycles. The molecular weight excluding hydrogens is 202 g/mol. The van der Waals surface area contributed by atoms with E-state index in [1.807, 2.05) is 50.2 Å². The number of hydrogen-bond donors (Lipinski definition) is 2. The molecule has 0 bridgehead atoms. The van der Waals surface area contributed by atoms with E-state index in [4.69, 9.17) is 0 Å². The first-order valence-corrected chi connectivity index (χ1v) is 5.14. The highest BCUT2D eigenvalue weighted by Crippen LogP contribution is 2.21. The van der Waals surface area contributed by atoms with E-state index in [0.717, 1.165) is 22.6 Å². The Labute approximate surface area is 93.9 Å². The monoisotopic (exact) mass is 217 g/mol. The molecule has 2 N–H and O–H groups in total. The quantitative estimate of drug-likeness (QED) is 0.805. The minimum atomic E-state index is -0.163. The van der Waals surface area contributed by atoms with Gasteiger partial charge in [-0.3, -0.25) is 0 Å². The second-order valence-corrected chi connectivity index (χ2v) is 4.02. The van der Waals surface area contributed by atoms with Gasteiger partial charge < -0.3 is 14.9 Å². The molecule has 0 amide bonds. The third-order valence-corrected chi connectivity index (χ3v) is 2.59. The normalized spacial score (nSPS) is 10.4. The van der Waals surface area contributed by atoms with Crippen molar-refractivity contribution in [3.05, 3.63) is 40.4 Å². The highest BCUT2D eigenvalue weighted by Gasteiger charge is 2.05. The average molecular weight is 217 g/mol. The van der Waals surface area contributed by atoms with Crippen LogP contribution in [-0.2, 0) is 0 Å². The van der Waals surface area contributed by atoms with E-state index in [9.17, 15) is 4.79 Å². The fourth-order valence-corrected chi connectivity index (χ4v) is 1.69. The van der Waals surface area contributed by atoms with Gasteiger partial charge in [-0.15, -0.1) is 0 Å². The van der Waals surface area contributed by atoms with Gasteiger partial charge in [-0.1, -0.05) is 12.1 Å². The first-order chi connectivity index (χ1) is 7.58. The van der Waals surface area contributed by atoms with Crippen LogP contribution >= 0.6 is 0 Å². The van der Waals surface area contributed by atoms with Gasteiger partial charge >= 0.3 is 5.69 Å². The van der Waals surface area contributed by atoms with Gasteiger partial charge in [0.05, 0.1) is 5.69 Å². The third kappa shape index (κ3) is 1.86. The van der Waals surface area contributed by atoms with Crippen LogP contribution in [0.15, 0.2) is 29.1 Å². The van der Waals surface area contributed by atoms with Gasteiger partial charge in [-0.2, -0.15) is 0 Å². The van der Waals surface area contributed by atoms with Gasteiger partial charge in [0.2, 0.25) is 0 Å². The molecule has 0 aliphatic rings. The number of H-pyrrole nitrogens is 2. The third-order valence-electron chi connectivity index (χ3n) is 2.59. The number of anilines is 1. The average Bonchev–Trinajstić information content (AvgIpc) is 2.58. The molecule has 0 atom stereocenters. The topological polar surface area (TPSA) is 51.9 Å². The maximum Gasteiger partial charge on any atom is 0.323 e. The van der Waals surface area contributed by atoms with Gasteiger partial charge in [-0.25, -0.2) is 4.79 Å². The van der Waals surface area contributed by atoms with Crippen molar-refractivity contribution >= 4 is 5.69 Å². The molecular formula is C12H15N3O. The maximum absolute atomic E-state index is 11.1. The number of nitrogens with zero attached hydrogens (tertiary/aromatic N) is 1. The van der Waals surface area contributed by atoms with Crippen LogP contribution in [0.5, 0.6) is 0 Å². The molecule has 2 aromatic rings. The molecule has 0 saturated heterocycles. The fraction of sp³-hybridized carbons (Fsp3) is 0.250. The van der Waals surface area contributed by atoms with Gasteiger partial charge in [0, 0.05) is 25.5 Å². The molecule has 1 aromatic carbocycles. The van der Waals surface area contributed by atoms with Crippen LogP contribution in [0, 0.1) is 6.92 Å². The molecule has 0 fully saturated rings. The van der Waals surface area contributed by atoms with E-state index >= 15 is 0 Å². The molecule has 4 nitrogen and oxygen atoms in total. The number of imidazole rings is 1. The Morgan fingerprint density at radius 3 is 2.12 bits per heavy atom. The molecule has 84 valence electrons. The van der Waals surface area contributed by atoms with Crippen molar-refractivity contribution in [2.75, 3.05) is 19.0 Å². The lowest BCUT2D eigenvalue weighted by atomic mass is 10.1. The number of aromatic amines is 2. The van der Waals surface area contributed by atoms with E-state index in [2.05, 4.69) is 9.97 Å². The molecule has 2 rings (SSSR count). The Balaban J connectivity index is 2.42. The molecule has 0 unspecified atom stereocenters. The Hall–Kier alpha value is -1.97. The van der Waals surface area contributed by atoms with Crippen molar-refractivity contribution in [1.82, 2.24) is 9.97 Å². The second-order valence-electron chi connectivity index (χ2n) is 4.02. The molecule has 1 aromatic heterocycles. The number of aryl methyl sites for hydroxylation is 1. The van der Waals surface area contributed by atoms with E-state index < -0.39 is 0 Å². The van der Waals surface area contributed by atoms with E-state index in [0.29, 0.717) is 0 Å². The highest BCUT2D eigenvalue weighted by atomic mass is 16.1. The summed E-state index contributed by atoms with van der Waals surface area (Å²) in [4.78, 5) is 18.7. The predicted molar refractivity (Wildman–Crippen MR) is 65.9 cm³/mol. The molecule has 16 heavy (non-hydrogen) atoms. The van der Waals surface area contributed by atoms with Crippen LogP contribution < -0.4 is 10.6 Å². The Kier molecular flexibility index (Phi) is 2.56. The largest absolute Gasteiger partial charge is 0.378 e. The van der Waals surface area contributed by atoms with Crippen molar-refractivity contribution < 1.29 is 0 Å². The minimum absolute atomic E-state index is 0.163. The van der Waals surface area contributed by atoms with Crippen LogP contribution in [0.3, 0.4) is 0 Å². The lowest BCUT2D eigenvalue weighted by molar-refractivity contribution is 1.13. The Bertz CT molecular complexity index is 534. The highest BCUT2D eigenvalue weighted by molar-refractivity contribution is 5.64. The standard InChI is InChI=1S/C12H15N3O/c1-8-11(14-12(16)13-8)9-4-6-10(7-5-9)15(2)3/h4-7H,1-3H3,(H2,13,14,16). The van der Waals surface area contributed by atoms with Gasteiger partial charge in [0.1, 0.15) is 0 Å². The number of hydrogen-bond acceptors (Lipinski definition) is 2. The first-order valence-electron chi connectivity index (χ1n) is 5.14. The predicted octanol–water partition coefficient (Wildman–Crippen LogP) is 1.74. The van der Waals surface area contributed by atoms with Crippen LogP contribution in [0.2, 0.25) is 0 Å². The summed E-state index contributed by atoms with van der Waals surface area (Å²) in [6.07, 6.45) is 0. The molecule has 0 saturated carbocycles. The van der Waals surface area contributed by atoms with Crippen molar-refractivity contribution in [3.63, 3.8) is 0 Å². The Morgan fingerprint density at radius 1 is 1.06 bits per heavy atom. The van der Waals surface area contributed by atoms with Crippen LogP contribution in [0.1, 0.15) is 5.69 Å². The maximum atomic E-state index is 11.1. The van der Waals surface area contributed by atoms with E-state index in [-0.39, 0.29) is 5.69 Å². The molecule has 4 heteroatoms. The SMILES string of the molecule is Cc1[nH]c(=O)[nH]c1-c1ccc(N(C)C)cc1. The van der Waals surface area contributed by atoms with Crippen molar-refractivity contribution in [2.45, 2.75) is 6.92 Å². The van der Waals surface area contributed by atoms with Crippen LogP contribution in [0.4, 0.5) is 5.69 Å². The summed E-state index contributed by atoms with van der Waals surface area (Å²) in [5, 5.41) is 0. The van der Waals surface area contributed by atoms with Crippen LogP contribution in [-0.4, -0.2) is 24.1 Å². The zero-order valence-electron chi connectivity index (χ0n) is 9.66. The zero-order chi connectivity index (χ0) is 11.7. The van der Waals surface area contributed by atoms with Crippen molar-refractivity contribution in [1.29, 1.82) is 0 Å². The summed E-state index contributed by atoms with van der Waals surface area (Å²) >= 11 is 0. The number of nitrogens with one attached hydrogen (secondary N) is 2. The summed E-state index contributed by atoms with van der Waals surface area (Å²) in [6.45, 7) is 1.88. The number of rotatable bonds is 2. The summed E-state index contributed by atoms with van der Waals surface area (Å²) in [6, 6.07) is 8.06. The van der Waals surface area contributed by atoms with E-state index in [1.54, 1.807) is 0 Å². The van der Waals surface area contributed by atoms with Gasteiger partial charge in [0.25, 0.3) is 0 Å². The zero-order valence-corrected chi connectivity index (χ0v) is 9.66. The smallest absolute Gasteiger partial charge is 0.323 e. The van der Waals surface area contributed by atoms with E-state index in [1.165, 1.54) is 0 Å². The molecule has 0 aliphatic carbocycles. The minimum Gasteiger partial charge on any atom is -0.378 e. The van der Waals surface area contributed by atoms with Crippen molar-refractivity contribution in [2.24, 2.45) is 0 Å². The van der Waals surface area contributed by atoms with Gasteiger partial charge in [-0.05, 0) is 24.6 Å². The first kappa shape index (κ1) is 10.5. The summed E-state index contributed by atoms with van der Waals surface area (Å²) < 4.78 is 0. The lowest BCUT2D eigenvalue weighted by Gasteiger charge is -2.12. The molecule has 1 heterocycles. The fourth-order valence-electron chi connectivity index (χ4n) is 1.69. The molecule has 0 spiro atoms. The van der Waals surface area contributed by atoms with Crippen molar-refractivity contribution in [3.8, 4) is 11.3 Å². The number of benzene rings is 1.